The minimum Gasteiger partial charge on any atom is -0.459 e. The maximum absolute atomic E-state index is 12.5. The Balaban J connectivity index is 1.53. The van der Waals surface area contributed by atoms with Gasteiger partial charge in [0.1, 0.15) is 0 Å². The molecule has 2 aliphatic rings. The van der Waals surface area contributed by atoms with E-state index >= 15 is 0 Å². The molecule has 0 spiro atoms. The molecule has 4 rings (SSSR count). The van der Waals surface area contributed by atoms with E-state index in [1.54, 1.807) is 47.4 Å². The predicted molar refractivity (Wildman–Crippen MR) is 86.8 cm³/mol. The number of nitrogens with one attached hydrogen (secondary N) is 1. The summed E-state index contributed by atoms with van der Waals surface area (Å²) in [6.45, 7) is 0.660. The van der Waals surface area contributed by atoms with Crippen molar-refractivity contribution in [2.45, 2.75) is 29.8 Å². The second-order valence-corrected chi connectivity index (χ2v) is 8.09. The van der Waals surface area contributed by atoms with E-state index in [0.717, 1.165) is 12.8 Å². The predicted octanol–water partition coefficient (Wildman–Crippen LogP) is 1.86. The average Bonchev–Trinajstić information content (AvgIpc) is 3.31. The van der Waals surface area contributed by atoms with Crippen molar-refractivity contribution in [2.24, 2.45) is 5.92 Å². The lowest BCUT2D eigenvalue weighted by Gasteiger charge is -2.33. The summed E-state index contributed by atoms with van der Waals surface area (Å²) in [7, 11) is -3.58. The zero-order valence-electron chi connectivity index (χ0n) is 13.0. The van der Waals surface area contributed by atoms with Crippen LogP contribution >= 0.6 is 0 Å². The smallest absolute Gasteiger partial charge is 0.289 e. The largest absolute Gasteiger partial charge is 0.459 e. The van der Waals surface area contributed by atoms with E-state index in [2.05, 4.69) is 4.72 Å². The van der Waals surface area contributed by atoms with Crippen molar-refractivity contribution >= 4 is 15.9 Å². The van der Waals surface area contributed by atoms with Gasteiger partial charge in [-0.1, -0.05) is 18.2 Å². The van der Waals surface area contributed by atoms with Gasteiger partial charge in [0, 0.05) is 18.6 Å². The minimum absolute atomic E-state index is 0.119. The molecule has 1 amide bonds. The number of piperidine rings is 1. The summed E-state index contributed by atoms with van der Waals surface area (Å²) in [6, 6.07) is 11.3. The van der Waals surface area contributed by atoms with E-state index < -0.39 is 10.0 Å². The number of likely N-dealkylation sites (tertiary alicyclic amines) is 1. The fourth-order valence-electron chi connectivity index (χ4n) is 3.79. The zero-order chi connectivity index (χ0) is 16.7. The molecule has 7 heteroatoms. The maximum Gasteiger partial charge on any atom is 0.289 e. The highest BCUT2D eigenvalue weighted by Crippen LogP contribution is 2.39. The number of benzene rings is 1. The van der Waals surface area contributed by atoms with Crippen LogP contribution in [-0.2, 0) is 10.0 Å². The van der Waals surface area contributed by atoms with Gasteiger partial charge in [-0.2, -0.15) is 0 Å². The SMILES string of the molecule is O=C(c1ccco1)N1C[C@@H]2C[C@H](NS(=O)(=O)c3ccccc3)[C@H]1C2. The van der Waals surface area contributed by atoms with Gasteiger partial charge in [0.15, 0.2) is 5.76 Å². The summed E-state index contributed by atoms with van der Waals surface area (Å²) < 4.78 is 33.0. The van der Waals surface area contributed by atoms with Crippen molar-refractivity contribution in [3.8, 4) is 0 Å². The molecule has 1 aliphatic heterocycles. The number of fused-ring (bicyclic) bond motifs is 2. The van der Waals surface area contributed by atoms with Gasteiger partial charge >= 0.3 is 0 Å². The molecule has 1 N–H and O–H groups in total. The Hall–Kier alpha value is -2.12. The summed E-state index contributed by atoms with van der Waals surface area (Å²) in [6.07, 6.45) is 3.06. The van der Waals surface area contributed by atoms with E-state index in [1.165, 1.54) is 6.26 Å². The first-order valence-corrected chi connectivity index (χ1v) is 9.45. The van der Waals surface area contributed by atoms with Crippen LogP contribution in [0.4, 0.5) is 0 Å². The molecule has 24 heavy (non-hydrogen) atoms. The second kappa shape index (κ2) is 5.75. The lowest BCUT2D eigenvalue weighted by molar-refractivity contribution is 0.0645. The number of furan rings is 1. The molecule has 6 nitrogen and oxygen atoms in total. The third-order valence-electron chi connectivity index (χ3n) is 4.83. The molecule has 1 saturated heterocycles. The van der Waals surface area contributed by atoms with E-state index in [4.69, 9.17) is 4.42 Å². The van der Waals surface area contributed by atoms with Crippen LogP contribution in [0.15, 0.2) is 58.0 Å². The highest BCUT2D eigenvalue weighted by Gasteiger charge is 2.48. The van der Waals surface area contributed by atoms with Crippen molar-refractivity contribution in [2.75, 3.05) is 6.54 Å². The van der Waals surface area contributed by atoms with Crippen LogP contribution in [-0.4, -0.2) is 37.9 Å². The van der Waals surface area contributed by atoms with Crippen LogP contribution in [0.25, 0.3) is 0 Å². The minimum atomic E-state index is -3.58. The third kappa shape index (κ3) is 2.63. The van der Waals surface area contributed by atoms with Crippen molar-refractivity contribution in [3.63, 3.8) is 0 Å². The highest BCUT2D eigenvalue weighted by atomic mass is 32.2. The van der Waals surface area contributed by atoms with Crippen LogP contribution in [0.3, 0.4) is 0 Å². The Bertz CT molecular complexity index is 833. The Kier molecular flexibility index (Phi) is 3.69. The first-order valence-electron chi connectivity index (χ1n) is 7.96. The number of amides is 1. The van der Waals surface area contributed by atoms with Gasteiger partial charge < -0.3 is 9.32 Å². The highest BCUT2D eigenvalue weighted by molar-refractivity contribution is 7.89. The summed E-state index contributed by atoms with van der Waals surface area (Å²) in [5, 5.41) is 0. The standard InChI is InChI=1S/C17H18N2O4S/c20-17(16-7-4-8-23-16)19-11-12-9-14(15(19)10-12)18-24(21,22)13-5-2-1-3-6-13/h1-8,12,14-15,18H,9-11H2/t12-,14+,15-/m1/s1. The topological polar surface area (TPSA) is 79.6 Å². The Morgan fingerprint density at radius 2 is 1.92 bits per heavy atom. The Morgan fingerprint density at radius 3 is 2.58 bits per heavy atom. The van der Waals surface area contributed by atoms with Crippen molar-refractivity contribution < 1.29 is 17.6 Å². The average molecular weight is 346 g/mol. The molecule has 0 radical (unpaired) electrons. The molecule has 3 atom stereocenters. The van der Waals surface area contributed by atoms with Gasteiger partial charge in [0.2, 0.25) is 10.0 Å². The molecule has 1 aromatic heterocycles. The monoisotopic (exact) mass is 346 g/mol. The molecular formula is C17H18N2O4S. The first-order chi connectivity index (χ1) is 11.5. The van der Waals surface area contributed by atoms with Crippen LogP contribution in [0.1, 0.15) is 23.4 Å². The lowest BCUT2D eigenvalue weighted by Crippen LogP contribution is -2.51. The number of nitrogens with zero attached hydrogens (tertiary/aromatic N) is 1. The van der Waals surface area contributed by atoms with Gasteiger partial charge in [-0.25, -0.2) is 13.1 Å². The number of hydrogen-bond acceptors (Lipinski definition) is 4. The molecule has 2 fully saturated rings. The van der Waals surface area contributed by atoms with Gasteiger partial charge in [0.25, 0.3) is 5.91 Å². The fourth-order valence-corrected chi connectivity index (χ4v) is 5.10. The van der Waals surface area contributed by atoms with Crippen molar-refractivity contribution in [1.82, 2.24) is 9.62 Å². The van der Waals surface area contributed by atoms with E-state index in [9.17, 15) is 13.2 Å². The van der Waals surface area contributed by atoms with Crippen molar-refractivity contribution in [1.29, 1.82) is 0 Å². The molecular weight excluding hydrogens is 328 g/mol. The number of hydrogen-bond donors (Lipinski definition) is 1. The summed E-state index contributed by atoms with van der Waals surface area (Å²) >= 11 is 0. The van der Waals surface area contributed by atoms with E-state index in [1.807, 2.05) is 0 Å². The normalized spacial score (nSPS) is 26.0. The first kappa shape index (κ1) is 15.4. The fraction of sp³-hybridized carbons (Fsp3) is 0.353. The van der Waals surface area contributed by atoms with Crippen LogP contribution in [0.5, 0.6) is 0 Å². The number of sulfonamides is 1. The van der Waals surface area contributed by atoms with Gasteiger partial charge in [0.05, 0.1) is 11.2 Å². The molecule has 1 aromatic carbocycles. The van der Waals surface area contributed by atoms with Crippen LogP contribution in [0, 0.1) is 5.92 Å². The third-order valence-corrected chi connectivity index (χ3v) is 6.34. The summed E-state index contributed by atoms with van der Waals surface area (Å²) in [5.41, 5.74) is 0. The zero-order valence-corrected chi connectivity index (χ0v) is 13.8. The Morgan fingerprint density at radius 1 is 1.12 bits per heavy atom. The summed E-state index contributed by atoms with van der Waals surface area (Å²) in [5.74, 6) is 0.459. The molecule has 0 unspecified atom stereocenters. The molecule has 126 valence electrons. The Labute approximate surface area is 140 Å². The molecule has 2 heterocycles. The number of rotatable bonds is 4. The molecule has 2 bridgehead atoms. The van der Waals surface area contributed by atoms with Gasteiger partial charge in [-0.15, -0.1) is 0 Å². The second-order valence-electron chi connectivity index (χ2n) is 6.38. The number of carbonyl (C=O) groups is 1. The maximum atomic E-state index is 12.5. The van der Waals surface area contributed by atoms with Crippen molar-refractivity contribution in [3.05, 3.63) is 54.5 Å². The summed E-state index contributed by atoms with van der Waals surface area (Å²) in [4.78, 5) is 14.5. The molecule has 1 saturated carbocycles. The van der Waals surface area contributed by atoms with Crippen LogP contribution < -0.4 is 4.72 Å². The molecule has 1 aliphatic carbocycles. The molecule has 2 aromatic rings. The van der Waals surface area contributed by atoms with E-state index in [0.29, 0.717) is 18.2 Å². The van der Waals surface area contributed by atoms with Gasteiger partial charge in [-0.05, 0) is 43.0 Å². The van der Waals surface area contributed by atoms with Crippen LogP contribution in [0.2, 0.25) is 0 Å². The lowest BCUT2D eigenvalue weighted by atomic mass is 10.1. The quantitative estimate of drug-likeness (QED) is 0.916. The number of carbonyl (C=O) groups excluding carboxylic acids is 1. The van der Waals surface area contributed by atoms with Gasteiger partial charge in [-0.3, -0.25) is 4.79 Å². The van der Waals surface area contributed by atoms with E-state index in [-0.39, 0.29) is 22.9 Å².